The smallest absolute Gasteiger partial charge is 0.258 e. The van der Waals surface area contributed by atoms with Gasteiger partial charge in [-0.2, -0.15) is 0 Å². The number of nitrogens with zero attached hydrogens (tertiary/aromatic N) is 3. The molecule has 0 aliphatic rings. The molecule has 9 heteroatoms. The highest BCUT2D eigenvalue weighted by Gasteiger charge is 2.13. The fourth-order valence-corrected chi connectivity index (χ4v) is 1.99. The number of aliphatic imine (C=N–C) groups is 1. The van der Waals surface area contributed by atoms with Crippen LogP contribution in [0.1, 0.15) is 5.56 Å². The van der Waals surface area contributed by atoms with Crippen molar-refractivity contribution in [2.24, 2.45) is 4.99 Å². The first kappa shape index (κ1) is 15.9. The molecule has 0 radical (unpaired) electrons. The average molecular weight is 340 g/mol. The fourth-order valence-electron chi connectivity index (χ4n) is 1.62. The maximum absolute atomic E-state index is 10.8. The quantitative estimate of drug-likeness (QED) is 0.463. The third-order valence-electron chi connectivity index (χ3n) is 2.66. The van der Waals surface area contributed by atoms with E-state index in [1.807, 2.05) is 0 Å². The molecule has 0 fully saturated rings. The van der Waals surface area contributed by atoms with Crippen molar-refractivity contribution in [3.05, 3.63) is 72.2 Å². The normalized spacial score (nSPS) is 10.8. The predicted molar refractivity (Wildman–Crippen MR) is 83.5 cm³/mol. The van der Waals surface area contributed by atoms with E-state index >= 15 is 0 Å². The van der Waals surface area contributed by atoms with Gasteiger partial charge in [-0.15, -0.1) is 0 Å². The van der Waals surface area contributed by atoms with Crippen LogP contribution in [0.25, 0.3) is 0 Å². The largest absolute Gasteiger partial charge is 0.290 e. The zero-order chi connectivity index (χ0) is 16.3. The van der Waals surface area contributed by atoms with E-state index in [0.717, 1.165) is 0 Å². The number of hydrogen-bond acceptors (Lipinski definition) is 5. The monoisotopic (exact) mass is 339 g/mol. The van der Waals surface area contributed by atoms with Gasteiger partial charge in [0.05, 0.1) is 15.5 Å². The molecule has 0 unspecified atom stereocenters. The van der Waals surface area contributed by atoms with Crippen molar-refractivity contribution >= 4 is 46.5 Å². The predicted octanol–water partition coefficient (Wildman–Crippen LogP) is 4.56. The molecule has 2 aromatic carbocycles. The van der Waals surface area contributed by atoms with Crippen molar-refractivity contribution in [2.75, 3.05) is 0 Å². The summed E-state index contributed by atoms with van der Waals surface area (Å²) in [5.41, 5.74) is 0.230. The number of nitro groups is 2. The lowest BCUT2D eigenvalue weighted by molar-refractivity contribution is -0.384. The van der Waals surface area contributed by atoms with Crippen LogP contribution >= 0.6 is 23.2 Å². The summed E-state index contributed by atoms with van der Waals surface area (Å²) in [6.45, 7) is 0. The zero-order valence-electron chi connectivity index (χ0n) is 10.8. The second-order valence-electron chi connectivity index (χ2n) is 4.12. The lowest BCUT2D eigenvalue weighted by Gasteiger charge is -1.98. The molecule has 0 aliphatic heterocycles. The van der Waals surface area contributed by atoms with Crippen LogP contribution in [0.2, 0.25) is 10.0 Å². The molecular weight excluding hydrogens is 333 g/mol. The van der Waals surface area contributed by atoms with Gasteiger partial charge in [0, 0.05) is 18.3 Å². The molecule has 2 rings (SSSR count). The van der Waals surface area contributed by atoms with Crippen molar-refractivity contribution in [2.45, 2.75) is 0 Å². The van der Waals surface area contributed by atoms with Crippen LogP contribution in [-0.2, 0) is 0 Å². The Bertz CT molecular complexity index is 727. The summed E-state index contributed by atoms with van der Waals surface area (Å²) >= 11 is 11.4. The number of rotatable bonds is 4. The number of hydrogen-bond donors (Lipinski definition) is 0. The molecule has 0 spiro atoms. The Morgan fingerprint density at radius 2 is 1.45 bits per heavy atom. The molecule has 0 saturated heterocycles. The van der Waals surface area contributed by atoms with Crippen LogP contribution in [0.4, 0.5) is 17.1 Å². The van der Waals surface area contributed by atoms with Crippen LogP contribution in [0.5, 0.6) is 0 Å². The minimum absolute atomic E-state index is 0.00563. The molecule has 0 heterocycles. The number of benzene rings is 2. The molecule has 0 atom stereocenters. The molecule has 22 heavy (non-hydrogen) atoms. The highest BCUT2D eigenvalue weighted by molar-refractivity contribution is 6.33. The SMILES string of the molecule is O=[N+]([O-])c1cc(C=Nc2ccc(Cl)c([N+](=O)[O-])c2)ccc1Cl. The highest BCUT2D eigenvalue weighted by Crippen LogP contribution is 2.29. The Hall–Kier alpha value is -2.51. The Morgan fingerprint density at radius 3 is 2.05 bits per heavy atom. The maximum atomic E-state index is 10.8. The van der Waals surface area contributed by atoms with Crippen molar-refractivity contribution in [3.63, 3.8) is 0 Å². The molecule has 112 valence electrons. The molecule has 2 aromatic rings. The van der Waals surface area contributed by atoms with Crippen molar-refractivity contribution < 1.29 is 9.85 Å². The van der Waals surface area contributed by atoms with Gasteiger partial charge < -0.3 is 0 Å². The first-order chi connectivity index (χ1) is 10.4. The summed E-state index contributed by atoms with van der Waals surface area (Å²) in [4.78, 5) is 24.4. The first-order valence-corrected chi connectivity index (χ1v) is 6.56. The molecule has 0 aromatic heterocycles. The van der Waals surface area contributed by atoms with Crippen LogP contribution < -0.4 is 0 Å². The summed E-state index contributed by atoms with van der Waals surface area (Å²) in [5, 5.41) is 21.6. The van der Waals surface area contributed by atoms with E-state index in [9.17, 15) is 20.2 Å². The van der Waals surface area contributed by atoms with E-state index < -0.39 is 9.85 Å². The highest BCUT2D eigenvalue weighted by atomic mass is 35.5. The zero-order valence-corrected chi connectivity index (χ0v) is 12.3. The van der Waals surface area contributed by atoms with Gasteiger partial charge in [-0.1, -0.05) is 29.3 Å². The average Bonchev–Trinajstić information content (AvgIpc) is 2.47. The molecular formula is C13H7Cl2N3O4. The number of halogens is 2. The third kappa shape index (κ3) is 3.57. The van der Waals surface area contributed by atoms with Crippen molar-refractivity contribution in [1.29, 1.82) is 0 Å². The summed E-state index contributed by atoms with van der Waals surface area (Å²) in [6, 6.07) is 8.25. The van der Waals surface area contributed by atoms with E-state index in [1.54, 1.807) is 6.07 Å². The van der Waals surface area contributed by atoms with Gasteiger partial charge in [0.25, 0.3) is 11.4 Å². The molecule has 0 N–H and O–H groups in total. The van der Waals surface area contributed by atoms with Gasteiger partial charge in [-0.3, -0.25) is 25.2 Å². The van der Waals surface area contributed by atoms with Crippen LogP contribution in [-0.4, -0.2) is 16.1 Å². The summed E-state index contributed by atoms with van der Waals surface area (Å²) in [6.07, 6.45) is 1.34. The minimum atomic E-state index is -0.617. The van der Waals surface area contributed by atoms with Gasteiger partial charge >= 0.3 is 0 Å². The van der Waals surface area contributed by atoms with Crippen molar-refractivity contribution in [1.82, 2.24) is 0 Å². The molecule has 0 aliphatic carbocycles. The number of nitro benzene ring substituents is 2. The van der Waals surface area contributed by atoms with E-state index in [-0.39, 0.29) is 21.4 Å². The van der Waals surface area contributed by atoms with E-state index in [1.165, 1.54) is 36.5 Å². The van der Waals surface area contributed by atoms with E-state index in [2.05, 4.69) is 4.99 Å². The van der Waals surface area contributed by atoms with Gasteiger partial charge in [0.1, 0.15) is 10.0 Å². The first-order valence-electron chi connectivity index (χ1n) is 5.80. The van der Waals surface area contributed by atoms with Crippen LogP contribution in [0, 0.1) is 20.2 Å². The second kappa shape index (κ2) is 6.50. The lowest BCUT2D eigenvalue weighted by Crippen LogP contribution is -1.91. The Labute approximate surface area is 134 Å². The summed E-state index contributed by atoms with van der Waals surface area (Å²) in [7, 11) is 0. The van der Waals surface area contributed by atoms with E-state index in [4.69, 9.17) is 23.2 Å². The van der Waals surface area contributed by atoms with Gasteiger partial charge in [0.2, 0.25) is 0 Å². The molecule has 7 nitrogen and oxygen atoms in total. The standard InChI is InChI=1S/C13H7Cl2N3O4/c14-10-3-1-8(5-12(10)17(19)20)7-16-9-2-4-11(15)13(6-9)18(21)22/h1-7H. The van der Waals surface area contributed by atoms with Gasteiger partial charge in [-0.25, -0.2) is 0 Å². The topological polar surface area (TPSA) is 98.6 Å². The fraction of sp³-hybridized carbons (Fsp3) is 0. The lowest BCUT2D eigenvalue weighted by atomic mass is 10.2. The third-order valence-corrected chi connectivity index (χ3v) is 3.30. The second-order valence-corrected chi connectivity index (χ2v) is 4.93. The molecule has 0 bridgehead atoms. The Kier molecular flexibility index (Phi) is 4.69. The Morgan fingerprint density at radius 1 is 0.909 bits per heavy atom. The molecule has 0 amide bonds. The maximum Gasteiger partial charge on any atom is 0.290 e. The van der Waals surface area contributed by atoms with Crippen LogP contribution in [0.3, 0.4) is 0 Å². The van der Waals surface area contributed by atoms with Gasteiger partial charge in [0.15, 0.2) is 0 Å². The molecule has 0 saturated carbocycles. The Balaban J connectivity index is 2.33. The minimum Gasteiger partial charge on any atom is -0.258 e. The van der Waals surface area contributed by atoms with Crippen LogP contribution in [0.15, 0.2) is 41.4 Å². The summed E-state index contributed by atoms with van der Waals surface area (Å²) < 4.78 is 0. The summed E-state index contributed by atoms with van der Waals surface area (Å²) in [5.74, 6) is 0. The van der Waals surface area contributed by atoms with Crippen molar-refractivity contribution in [3.8, 4) is 0 Å². The van der Waals surface area contributed by atoms with E-state index in [0.29, 0.717) is 11.3 Å². The van der Waals surface area contributed by atoms with Gasteiger partial charge in [-0.05, 0) is 23.8 Å².